The van der Waals surface area contributed by atoms with Crippen LogP contribution >= 0.6 is 0 Å². The van der Waals surface area contributed by atoms with Gasteiger partial charge in [-0.25, -0.2) is 0 Å². The summed E-state index contributed by atoms with van der Waals surface area (Å²) in [5.41, 5.74) is 1.27. The van der Waals surface area contributed by atoms with E-state index in [1.807, 2.05) is 37.3 Å². The fourth-order valence-electron chi connectivity index (χ4n) is 2.60. The van der Waals surface area contributed by atoms with Crippen LogP contribution in [0.1, 0.15) is 28.9 Å². The average Bonchev–Trinajstić information content (AvgIpc) is 3.19. The van der Waals surface area contributed by atoms with Gasteiger partial charge in [0.15, 0.2) is 18.1 Å². The quantitative estimate of drug-likeness (QED) is 0.703. The van der Waals surface area contributed by atoms with E-state index < -0.39 is 24.4 Å². The molecule has 0 saturated carbocycles. The van der Waals surface area contributed by atoms with Gasteiger partial charge in [-0.3, -0.25) is 14.4 Å². The Hall–Kier alpha value is -3.55. The fourth-order valence-corrected chi connectivity index (χ4v) is 2.60. The molecule has 2 amide bonds. The topological polar surface area (TPSA) is 103 Å². The molecule has 1 heterocycles. The summed E-state index contributed by atoms with van der Waals surface area (Å²) in [6, 6.07) is 13.9. The summed E-state index contributed by atoms with van der Waals surface area (Å²) in [5.74, 6) is -0.563. The molecule has 1 aliphatic rings. The molecule has 28 heavy (non-hydrogen) atoms. The van der Waals surface area contributed by atoms with Crippen molar-refractivity contribution < 1.29 is 28.6 Å². The fraction of sp³-hybridized carbons (Fsp3) is 0.250. The van der Waals surface area contributed by atoms with E-state index in [2.05, 4.69) is 10.6 Å². The van der Waals surface area contributed by atoms with Crippen molar-refractivity contribution >= 4 is 17.8 Å². The van der Waals surface area contributed by atoms with Crippen LogP contribution in [0.3, 0.4) is 0 Å². The molecule has 0 aliphatic carbocycles. The molecule has 0 unspecified atom stereocenters. The van der Waals surface area contributed by atoms with Gasteiger partial charge in [-0.05, 0) is 30.7 Å². The number of benzene rings is 2. The summed E-state index contributed by atoms with van der Waals surface area (Å²) >= 11 is 0. The van der Waals surface area contributed by atoms with Crippen molar-refractivity contribution in [1.82, 2.24) is 10.6 Å². The van der Waals surface area contributed by atoms with Crippen LogP contribution in [0.15, 0.2) is 48.5 Å². The van der Waals surface area contributed by atoms with E-state index in [0.717, 1.165) is 5.56 Å². The van der Waals surface area contributed by atoms with Crippen molar-refractivity contribution in [3.63, 3.8) is 0 Å². The Balaban J connectivity index is 1.39. The lowest BCUT2D eigenvalue weighted by molar-refractivity contribution is -0.147. The molecule has 2 aromatic carbocycles. The van der Waals surface area contributed by atoms with Crippen LogP contribution in [0.2, 0.25) is 0 Å². The second-order valence-electron chi connectivity index (χ2n) is 6.11. The van der Waals surface area contributed by atoms with Crippen molar-refractivity contribution in [3.8, 4) is 11.5 Å². The van der Waals surface area contributed by atoms with Crippen molar-refractivity contribution in [3.05, 3.63) is 59.7 Å². The first-order valence-electron chi connectivity index (χ1n) is 8.70. The summed E-state index contributed by atoms with van der Waals surface area (Å²) in [6.45, 7) is 1.17. The number of ether oxygens (including phenoxy) is 3. The third-order valence-corrected chi connectivity index (χ3v) is 4.07. The summed E-state index contributed by atoms with van der Waals surface area (Å²) < 4.78 is 15.3. The van der Waals surface area contributed by atoms with Crippen LogP contribution in [0.25, 0.3) is 0 Å². The van der Waals surface area contributed by atoms with Crippen LogP contribution in [0, 0.1) is 0 Å². The number of carbonyl (C=O) groups is 3. The lowest BCUT2D eigenvalue weighted by Crippen LogP contribution is -2.34. The minimum atomic E-state index is -0.711. The second-order valence-corrected chi connectivity index (χ2v) is 6.11. The highest BCUT2D eigenvalue weighted by molar-refractivity contribution is 5.96. The number of hydrogen-bond donors (Lipinski definition) is 2. The molecule has 0 radical (unpaired) electrons. The molecule has 3 rings (SSSR count). The van der Waals surface area contributed by atoms with Crippen LogP contribution in [0.4, 0.5) is 0 Å². The highest BCUT2D eigenvalue weighted by Crippen LogP contribution is 2.32. The van der Waals surface area contributed by atoms with E-state index >= 15 is 0 Å². The van der Waals surface area contributed by atoms with Crippen molar-refractivity contribution in [2.24, 2.45) is 0 Å². The summed E-state index contributed by atoms with van der Waals surface area (Å²) in [4.78, 5) is 35.8. The first kappa shape index (κ1) is 19.2. The Bertz CT molecular complexity index is 868. The van der Waals surface area contributed by atoms with Crippen LogP contribution in [-0.2, 0) is 14.3 Å². The van der Waals surface area contributed by atoms with E-state index in [1.54, 1.807) is 12.1 Å². The zero-order chi connectivity index (χ0) is 19.9. The summed E-state index contributed by atoms with van der Waals surface area (Å²) in [6.07, 6.45) is 0. The Morgan fingerprint density at radius 2 is 1.82 bits per heavy atom. The highest BCUT2D eigenvalue weighted by Gasteiger charge is 2.17. The zero-order valence-corrected chi connectivity index (χ0v) is 15.3. The van der Waals surface area contributed by atoms with Crippen molar-refractivity contribution in [2.75, 3.05) is 19.9 Å². The smallest absolute Gasteiger partial charge is 0.325 e. The van der Waals surface area contributed by atoms with Gasteiger partial charge in [0, 0.05) is 5.56 Å². The summed E-state index contributed by atoms with van der Waals surface area (Å²) in [5, 5.41) is 5.18. The minimum absolute atomic E-state index is 0.109. The number of nitrogens with one attached hydrogen (secondary N) is 2. The number of esters is 1. The van der Waals surface area contributed by atoms with Gasteiger partial charge in [0.25, 0.3) is 11.8 Å². The number of carbonyl (C=O) groups excluding carboxylic acids is 3. The van der Waals surface area contributed by atoms with Gasteiger partial charge in [-0.1, -0.05) is 30.3 Å². The Morgan fingerprint density at radius 1 is 1.07 bits per heavy atom. The van der Waals surface area contributed by atoms with Gasteiger partial charge in [0.1, 0.15) is 6.54 Å². The maximum absolute atomic E-state index is 12.1. The molecule has 8 nitrogen and oxygen atoms in total. The van der Waals surface area contributed by atoms with Gasteiger partial charge in [0.05, 0.1) is 6.04 Å². The molecule has 0 saturated heterocycles. The maximum atomic E-state index is 12.1. The van der Waals surface area contributed by atoms with Gasteiger partial charge in [-0.2, -0.15) is 0 Å². The molecule has 2 aromatic rings. The van der Waals surface area contributed by atoms with Gasteiger partial charge in [-0.15, -0.1) is 0 Å². The lowest BCUT2D eigenvalue weighted by Gasteiger charge is -2.14. The van der Waals surface area contributed by atoms with Gasteiger partial charge < -0.3 is 24.8 Å². The van der Waals surface area contributed by atoms with E-state index in [0.29, 0.717) is 17.1 Å². The number of amides is 2. The third-order valence-electron chi connectivity index (χ3n) is 4.07. The minimum Gasteiger partial charge on any atom is -0.454 e. The first-order chi connectivity index (χ1) is 13.5. The first-order valence-corrected chi connectivity index (χ1v) is 8.70. The van der Waals surface area contributed by atoms with Gasteiger partial charge >= 0.3 is 5.97 Å². The zero-order valence-electron chi connectivity index (χ0n) is 15.3. The van der Waals surface area contributed by atoms with E-state index in [-0.39, 0.29) is 19.4 Å². The predicted octanol–water partition coefficient (Wildman–Crippen LogP) is 1.57. The normalized spacial score (nSPS) is 12.8. The number of rotatable bonds is 7. The van der Waals surface area contributed by atoms with Crippen molar-refractivity contribution in [2.45, 2.75) is 13.0 Å². The lowest BCUT2D eigenvalue weighted by atomic mass is 10.1. The van der Waals surface area contributed by atoms with E-state index in [4.69, 9.17) is 14.2 Å². The van der Waals surface area contributed by atoms with Gasteiger partial charge in [0.2, 0.25) is 6.79 Å². The molecular formula is C20H20N2O6. The van der Waals surface area contributed by atoms with Crippen molar-refractivity contribution in [1.29, 1.82) is 0 Å². The molecule has 0 bridgehead atoms. The summed E-state index contributed by atoms with van der Waals surface area (Å²) in [7, 11) is 0. The predicted molar refractivity (Wildman–Crippen MR) is 98.9 cm³/mol. The van der Waals surface area contributed by atoms with Crippen LogP contribution < -0.4 is 20.1 Å². The Morgan fingerprint density at radius 3 is 2.61 bits per heavy atom. The third kappa shape index (κ3) is 5.00. The second kappa shape index (κ2) is 8.90. The van der Waals surface area contributed by atoms with Crippen LogP contribution in [0.5, 0.6) is 11.5 Å². The Labute approximate surface area is 161 Å². The molecule has 146 valence electrons. The molecular weight excluding hydrogens is 364 g/mol. The van der Waals surface area contributed by atoms with E-state index in [9.17, 15) is 14.4 Å². The molecule has 0 aromatic heterocycles. The Kier molecular flexibility index (Phi) is 6.11. The largest absolute Gasteiger partial charge is 0.454 e. The monoisotopic (exact) mass is 384 g/mol. The average molecular weight is 384 g/mol. The molecule has 1 atom stereocenters. The molecule has 1 aliphatic heterocycles. The maximum Gasteiger partial charge on any atom is 0.325 e. The highest BCUT2D eigenvalue weighted by atomic mass is 16.7. The number of hydrogen-bond acceptors (Lipinski definition) is 6. The van der Waals surface area contributed by atoms with E-state index in [1.165, 1.54) is 6.07 Å². The molecule has 0 fully saturated rings. The molecule has 2 N–H and O–H groups in total. The number of fused-ring (bicyclic) bond motifs is 1. The molecule has 0 spiro atoms. The molecule has 8 heteroatoms. The standard InChI is InChI=1S/C20H20N2O6/c1-13(14-5-3-2-4-6-14)22-18(23)11-26-19(24)10-21-20(25)15-7-8-16-17(9-15)28-12-27-16/h2-9,13H,10-12H2,1H3,(H,21,25)(H,22,23)/t13-/m0/s1. The van der Waals surface area contributed by atoms with Crippen LogP contribution in [-0.4, -0.2) is 37.7 Å². The SMILES string of the molecule is C[C@H](NC(=O)COC(=O)CNC(=O)c1ccc2c(c1)OCO2)c1ccccc1.